The summed E-state index contributed by atoms with van der Waals surface area (Å²) in [6, 6.07) is 33.1. The molecule has 2 aliphatic rings. The van der Waals surface area contributed by atoms with E-state index in [1.165, 1.54) is 61.4 Å². The van der Waals surface area contributed by atoms with Crippen molar-refractivity contribution in [3.05, 3.63) is 144 Å². The zero-order valence-corrected chi connectivity index (χ0v) is 31.2. The number of unbranched alkanes of at least 4 members (excludes halogenated alkanes) is 1. The van der Waals surface area contributed by atoms with Gasteiger partial charge in [0.1, 0.15) is 0 Å². The number of hydrogen-bond acceptors (Lipinski definition) is 0. The third kappa shape index (κ3) is 7.14. The van der Waals surface area contributed by atoms with Gasteiger partial charge in [0, 0.05) is 0 Å². The van der Waals surface area contributed by atoms with Crippen LogP contribution >= 0.6 is 23.2 Å². The van der Waals surface area contributed by atoms with Crippen molar-refractivity contribution in [2.75, 3.05) is 0 Å². The Balaban J connectivity index is 0.00000221. The van der Waals surface area contributed by atoms with Crippen molar-refractivity contribution in [3.8, 4) is 11.1 Å². The van der Waals surface area contributed by atoms with E-state index in [2.05, 4.69) is 119 Å². The predicted molar refractivity (Wildman–Crippen MR) is 179 cm³/mol. The molecule has 4 aromatic rings. The molecule has 0 amide bonds. The molecular formula is C39H38Cl4Zr. The monoisotopic (exact) mass is 736 g/mol. The second-order valence-electron chi connectivity index (χ2n) is 12.7. The summed E-state index contributed by atoms with van der Waals surface area (Å²) in [5.41, 5.74) is 9.79. The minimum absolute atomic E-state index is 0. The molecule has 0 fully saturated rings. The number of fused-ring (bicyclic) bond motifs is 3. The molecule has 1 atom stereocenters. The van der Waals surface area contributed by atoms with E-state index >= 15 is 0 Å². The normalized spacial score (nSPS) is 14.7. The van der Waals surface area contributed by atoms with Crippen LogP contribution in [0, 0.1) is 11.3 Å². The summed E-state index contributed by atoms with van der Waals surface area (Å²) >= 11 is 10.5. The van der Waals surface area contributed by atoms with Crippen LogP contribution in [0.1, 0.15) is 69.2 Å². The van der Waals surface area contributed by atoms with E-state index in [9.17, 15) is 0 Å². The first kappa shape index (κ1) is 35.1. The van der Waals surface area contributed by atoms with Crippen molar-refractivity contribution in [1.29, 1.82) is 0 Å². The topological polar surface area (TPSA) is 0 Å². The van der Waals surface area contributed by atoms with E-state index in [1.54, 1.807) is 6.55 Å². The molecule has 4 aromatic carbocycles. The number of allylic oxidation sites excluding steroid dienone is 4. The molecule has 0 bridgehead atoms. The molecule has 0 saturated heterocycles. The second-order valence-corrected chi connectivity index (χ2v) is 19.3. The molecule has 0 N–H and O–H groups in total. The van der Waals surface area contributed by atoms with Gasteiger partial charge in [0.05, 0.1) is 0 Å². The molecule has 5 heteroatoms. The van der Waals surface area contributed by atoms with Crippen LogP contribution in [0.2, 0.25) is 10.0 Å². The zero-order valence-electron chi connectivity index (χ0n) is 25.7. The largest absolute Gasteiger partial charge is 1.00 e. The predicted octanol–water partition coefficient (Wildman–Crippen LogP) is 4.76. The van der Waals surface area contributed by atoms with Gasteiger partial charge in [-0.05, 0) is 0 Å². The van der Waals surface area contributed by atoms with Gasteiger partial charge < -0.3 is 24.8 Å². The smallest absolute Gasteiger partial charge is 1.00 e. The summed E-state index contributed by atoms with van der Waals surface area (Å²) in [5, 5.41) is 1.55. The number of hydrogen-bond donors (Lipinski definition) is 0. The molecule has 2 aliphatic carbocycles. The van der Waals surface area contributed by atoms with Crippen LogP contribution in [-0.4, -0.2) is 3.21 Å². The van der Waals surface area contributed by atoms with Crippen molar-refractivity contribution < 1.29 is 46.1 Å². The maximum absolute atomic E-state index is 6.71. The van der Waals surface area contributed by atoms with Gasteiger partial charge in [0.2, 0.25) is 0 Å². The molecule has 44 heavy (non-hydrogen) atoms. The summed E-state index contributed by atoms with van der Waals surface area (Å²) in [6.07, 6.45) is 9.85. The third-order valence-corrected chi connectivity index (χ3v) is 17.0. The first-order valence-corrected chi connectivity index (χ1v) is 19.6. The standard InChI is InChI=1S/C13H8Cl2.C13H9.C13H21.2ClH.Zr/c14-12-5-1-3-10(8-12)7-11-4-2-6-13(15)9-11;1-3-7-12-10(5-1)9-11-6-2-4-8-13(11)12;1-5-6-7-11-8-9-12(10-11)13(2,3)4;;;/h1-6,8-9H;1-5,7-8H,9H2;9-11H,5-7H2,1-4H3;2*1H;/q;;;;;+2/p-2. The van der Waals surface area contributed by atoms with Crippen LogP contribution in [0.4, 0.5) is 0 Å². The second kappa shape index (κ2) is 14.8. The fourth-order valence-electron chi connectivity index (χ4n) is 6.59. The first-order valence-electron chi connectivity index (χ1n) is 15.2. The van der Waals surface area contributed by atoms with Gasteiger partial charge in [-0.3, -0.25) is 0 Å². The maximum atomic E-state index is 6.71. The SMILES string of the molecule is CCCCC1C=C(C(C)(C)C)C=[C]1[Zr+2](=[C](c1cccc(Cl)c1)c1cccc(Cl)c1)[c]1cccc2c1Cc1ccccc1-2.[Cl-].[Cl-]. The van der Waals surface area contributed by atoms with Crippen LogP contribution in [0.5, 0.6) is 0 Å². The van der Waals surface area contributed by atoms with Gasteiger partial charge in [0.25, 0.3) is 0 Å². The Hall–Kier alpha value is -1.73. The molecule has 0 spiro atoms. The quantitative estimate of drug-likeness (QED) is 0.226. The average Bonchev–Trinajstić information content (AvgIpc) is 3.57. The third-order valence-electron chi connectivity index (χ3n) is 8.71. The molecule has 6 rings (SSSR count). The average molecular weight is 740 g/mol. The fourth-order valence-corrected chi connectivity index (χ4v) is 15.4. The Bertz CT molecular complexity index is 1710. The molecule has 0 aromatic heterocycles. The van der Waals surface area contributed by atoms with Crippen LogP contribution in [-0.2, 0) is 27.7 Å². The van der Waals surface area contributed by atoms with Gasteiger partial charge in [-0.1, -0.05) is 0 Å². The summed E-state index contributed by atoms with van der Waals surface area (Å²) in [4.78, 5) is 0. The van der Waals surface area contributed by atoms with Crippen LogP contribution in [0.3, 0.4) is 0 Å². The minimum Gasteiger partial charge on any atom is -1.00 e. The zero-order chi connectivity index (χ0) is 29.4. The molecular weight excluding hydrogens is 701 g/mol. The van der Waals surface area contributed by atoms with Crippen LogP contribution in [0.25, 0.3) is 11.1 Å². The van der Waals surface area contributed by atoms with Crippen molar-refractivity contribution >= 4 is 29.7 Å². The summed E-state index contributed by atoms with van der Waals surface area (Å²) in [5.74, 6) is 0.460. The Morgan fingerprint density at radius 1 is 0.795 bits per heavy atom. The summed E-state index contributed by atoms with van der Waals surface area (Å²) in [6.45, 7) is 9.37. The molecule has 0 aliphatic heterocycles. The van der Waals surface area contributed by atoms with Crippen molar-refractivity contribution in [2.24, 2.45) is 11.3 Å². The van der Waals surface area contributed by atoms with Crippen LogP contribution in [0.15, 0.2) is 112 Å². The Kier molecular flexibility index (Phi) is 11.8. The molecule has 1 unspecified atom stereocenters. The molecule has 226 valence electrons. The Morgan fingerprint density at radius 3 is 2.02 bits per heavy atom. The van der Waals surface area contributed by atoms with Gasteiger partial charge in [0.15, 0.2) is 0 Å². The molecule has 0 saturated carbocycles. The Labute approximate surface area is 293 Å². The van der Waals surface area contributed by atoms with Crippen molar-refractivity contribution in [2.45, 2.75) is 53.4 Å². The van der Waals surface area contributed by atoms with Crippen LogP contribution < -0.4 is 28.1 Å². The number of halogens is 4. The van der Waals surface area contributed by atoms with Crippen molar-refractivity contribution in [1.82, 2.24) is 0 Å². The maximum Gasteiger partial charge on any atom is -1.00 e. The molecule has 0 heterocycles. The Morgan fingerprint density at radius 2 is 1.41 bits per heavy atom. The van der Waals surface area contributed by atoms with E-state index < -0.39 is 21.3 Å². The fraction of sp³-hybridized carbons (Fsp3) is 0.256. The van der Waals surface area contributed by atoms with E-state index in [0.29, 0.717) is 5.92 Å². The summed E-state index contributed by atoms with van der Waals surface area (Å²) < 4.78 is 4.72. The first-order chi connectivity index (χ1) is 20.2. The van der Waals surface area contributed by atoms with Gasteiger partial charge in [-0.2, -0.15) is 0 Å². The van der Waals surface area contributed by atoms with Gasteiger partial charge >= 0.3 is 271 Å². The van der Waals surface area contributed by atoms with E-state index in [-0.39, 0.29) is 30.2 Å². The minimum atomic E-state index is -2.90. The van der Waals surface area contributed by atoms with E-state index in [1.807, 2.05) is 12.1 Å². The van der Waals surface area contributed by atoms with Gasteiger partial charge in [-0.25, -0.2) is 0 Å². The molecule has 0 nitrogen and oxygen atoms in total. The number of rotatable bonds is 7. The molecule has 0 radical (unpaired) electrons. The summed E-state index contributed by atoms with van der Waals surface area (Å²) in [7, 11) is 0. The van der Waals surface area contributed by atoms with E-state index in [4.69, 9.17) is 23.2 Å². The van der Waals surface area contributed by atoms with Crippen molar-refractivity contribution in [3.63, 3.8) is 0 Å². The number of benzene rings is 4. The van der Waals surface area contributed by atoms with Gasteiger partial charge in [-0.15, -0.1) is 0 Å². The van der Waals surface area contributed by atoms with E-state index in [0.717, 1.165) is 16.5 Å².